The molecule has 72 valence electrons. The van der Waals surface area contributed by atoms with Crippen LogP contribution >= 0.6 is 0 Å². The maximum atomic E-state index is 10.9. The monoisotopic (exact) mass is 172 g/mol. The van der Waals surface area contributed by atoms with E-state index >= 15 is 0 Å². The molecule has 0 spiro atoms. The molecule has 0 fully saturated rings. The van der Waals surface area contributed by atoms with E-state index in [0.717, 1.165) is 25.7 Å². The zero-order valence-electron chi connectivity index (χ0n) is 8.31. The number of carbonyl (C=O) groups is 1. The van der Waals surface area contributed by atoms with Gasteiger partial charge in [0.2, 0.25) is 0 Å². The van der Waals surface area contributed by atoms with Crippen molar-refractivity contribution in [1.82, 2.24) is 10.6 Å². The van der Waals surface area contributed by atoms with Gasteiger partial charge in [-0.2, -0.15) is 0 Å². The molecule has 12 heavy (non-hydrogen) atoms. The molecule has 0 aromatic carbocycles. The number of hydrogen-bond donors (Lipinski definition) is 2. The van der Waals surface area contributed by atoms with Crippen molar-refractivity contribution in [2.75, 3.05) is 7.05 Å². The number of carbonyl (C=O) groups excluding carboxylic acids is 1. The molecule has 0 bridgehead atoms. The van der Waals surface area contributed by atoms with E-state index in [1.165, 1.54) is 0 Å². The first-order valence-electron chi connectivity index (χ1n) is 4.72. The van der Waals surface area contributed by atoms with Crippen LogP contribution in [0.1, 0.15) is 39.5 Å². The zero-order chi connectivity index (χ0) is 9.40. The Morgan fingerprint density at radius 2 is 1.75 bits per heavy atom. The molecular weight excluding hydrogens is 152 g/mol. The molecule has 0 aliphatic heterocycles. The van der Waals surface area contributed by atoms with Crippen LogP contribution in [0.5, 0.6) is 0 Å². The Morgan fingerprint density at radius 1 is 1.25 bits per heavy atom. The van der Waals surface area contributed by atoms with Crippen molar-refractivity contribution in [3.8, 4) is 0 Å². The third-order valence-electron chi connectivity index (χ3n) is 1.84. The lowest BCUT2D eigenvalue weighted by molar-refractivity contribution is 0.237. The predicted molar refractivity (Wildman–Crippen MR) is 51.2 cm³/mol. The minimum Gasteiger partial charge on any atom is -0.341 e. The van der Waals surface area contributed by atoms with Gasteiger partial charge >= 0.3 is 6.03 Å². The van der Waals surface area contributed by atoms with Gasteiger partial charge in [0.1, 0.15) is 0 Å². The van der Waals surface area contributed by atoms with Crippen LogP contribution in [0.3, 0.4) is 0 Å². The van der Waals surface area contributed by atoms with Gasteiger partial charge in [0.05, 0.1) is 0 Å². The molecule has 0 aliphatic rings. The zero-order valence-corrected chi connectivity index (χ0v) is 8.31. The van der Waals surface area contributed by atoms with Crippen molar-refractivity contribution in [1.29, 1.82) is 0 Å². The second-order valence-corrected chi connectivity index (χ2v) is 3.00. The van der Waals surface area contributed by atoms with E-state index in [1.807, 2.05) is 0 Å². The summed E-state index contributed by atoms with van der Waals surface area (Å²) in [6.45, 7) is 4.27. The van der Waals surface area contributed by atoms with E-state index < -0.39 is 0 Å². The molecule has 0 rings (SSSR count). The minimum atomic E-state index is -0.0677. The summed E-state index contributed by atoms with van der Waals surface area (Å²) in [4.78, 5) is 10.9. The summed E-state index contributed by atoms with van der Waals surface area (Å²) in [6.07, 6.45) is 4.38. The van der Waals surface area contributed by atoms with Crippen molar-refractivity contribution >= 4 is 6.03 Å². The predicted octanol–water partition coefficient (Wildman–Crippen LogP) is 1.88. The fraction of sp³-hybridized carbons (Fsp3) is 0.889. The fourth-order valence-corrected chi connectivity index (χ4v) is 1.24. The van der Waals surface area contributed by atoms with Crippen molar-refractivity contribution in [3.63, 3.8) is 0 Å². The smallest absolute Gasteiger partial charge is 0.314 e. The summed E-state index contributed by atoms with van der Waals surface area (Å²) in [7, 11) is 1.64. The van der Waals surface area contributed by atoms with Crippen LogP contribution in [-0.4, -0.2) is 19.1 Å². The summed E-state index contributed by atoms with van der Waals surface area (Å²) < 4.78 is 0. The highest BCUT2D eigenvalue weighted by molar-refractivity contribution is 5.73. The summed E-state index contributed by atoms with van der Waals surface area (Å²) in [5.74, 6) is 0. The first-order valence-corrected chi connectivity index (χ1v) is 4.72. The lowest BCUT2D eigenvalue weighted by Crippen LogP contribution is -2.40. The van der Waals surface area contributed by atoms with E-state index in [2.05, 4.69) is 24.5 Å². The second kappa shape index (κ2) is 6.95. The van der Waals surface area contributed by atoms with E-state index in [4.69, 9.17) is 0 Å². The largest absolute Gasteiger partial charge is 0.341 e. The number of urea groups is 1. The van der Waals surface area contributed by atoms with Gasteiger partial charge in [0.25, 0.3) is 0 Å². The Balaban J connectivity index is 3.68. The van der Waals surface area contributed by atoms with Crippen LogP contribution in [0.15, 0.2) is 0 Å². The maximum absolute atomic E-state index is 10.9. The Labute approximate surface area is 74.9 Å². The molecule has 0 heterocycles. The highest BCUT2D eigenvalue weighted by atomic mass is 16.2. The second-order valence-electron chi connectivity index (χ2n) is 3.00. The van der Waals surface area contributed by atoms with E-state index in [9.17, 15) is 4.79 Å². The number of nitrogens with one attached hydrogen (secondary N) is 2. The van der Waals surface area contributed by atoms with Crippen molar-refractivity contribution in [3.05, 3.63) is 0 Å². The van der Waals surface area contributed by atoms with Crippen LogP contribution in [0.4, 0.5) is 4.79 Å². The third-order valence-corrected chi connectivity index (χ3v) is 1.84. The summed E-state index contributed by atoms with van der Waals surface area (Å²) in [5, 5.41) is 5.48. The molecule has 2 N–H and O–H groups in total. The fourth-order valence-electron chi connectivity index (χ4n) is 1.24. The molecule has 0 aromatic heterocycles. The first kappa shape index (κ1) is 11.3. The number of amides is 2. The Hall–Kier alpha value is -0.730. The van der Waals surface area contributed by atoms with E-state index in [-0.39, 0.29) is 6.03 Å². The third kappa shape index (κ3) is 4.99. The average molecular weight is 172 g/mol. The standard InChI is InChI=1S/C9H20N2O/c1-4-6-8(7-5-2)11-9(12)10-3/h8H,4-7H2,1-3H3,(H2,10,11,12). The first-order chi connectivity index (χ1) is 5.74. The van der Waals surface area contributed by atoms with Crippen molar-refractivity contribution < 1.29 is 4.79 Å². The molecule has 0 aliphatic carbocycles. The molecule has 2 amide bonds. The van der Waals surface area contributed by atoms with Crippen molar-refractivity contribution in [2.45, 2.75) is 45.6 Å². The summed E-state index contributed by atoms with van der Waals surface area (Å²) in [5.41, 5.74) is 0. The van der Waals surface area contributed by atoms with Crippen LogP contribution < -0.4 is 10.6 Å². The molecule has 3 heteroatoms. The molecule has 0 saturated carbocycles. The molecule has 3 nitrogen and oxygen atoms in total. The van der Waals surface area contributed by atoms with Gasteiger partial charge in [-0.25, -0.2) is 4.79 Å². The quantitative estimate of drug-likeness (QED) is 0.653. The van der Waals surface area contributed by atoms with Gasteiger partial charge in [0.15, 0.2) is 0 Å². The highest BCUT2D eigenvalue weighted by Crippen LogP contribution is 2.03. The molecule has 0 saturated heterocycles. The van der Waals surface area contributed by atoms with E-state index in [1.54, 1.807) is 7.05 Å². The normalized spacial score (nSPS) is 10.0. The topological polar surface area (TPSA) is 41.1 Å². The Kier molecular flexibility index (Phi) is 6.53. The highest BCUT2D eigenvalue weighted by Gasteiger charge is 2.07. The van der Waals surface area contributed by atoms with Crippen LogP contribution in [0, 0.1) is 0 Å². The number of rotatable bonds is 5. The maximum Gasteiger partial charge on any atom is 0.314 e. The van der Waals surface area contributed by atoms with Gasteiger partial charge < -0.3 is 10.6 Å². The number of hydrogen-bond acceptors (Lipinski definition) is 1. The SMILES string of the molecule is CCCC(CCC)NC(=O)NC. The van der Waals surface area contributed by atoms with E-state index in [0.29, 0.717) is 6.04 Å². The molecule has 0 aromatic rings. The minimum absolute atomic E-state index is 0.0677. The lowest BCUT2D eigenvalue weighted by Gasteiger charge is -2.16. The summed E-state index contributed by atoms with van der Waals surface area (Å²) >= 11 is 0. The molecule has 0 unspecified atom stereocenters. The van der Waals surface area contributed by atoms with Gasteiger partial charge in [0, 0.05) is 13.1 Å². The summed E-state index contributed by atoms with van der Waals surface area (Å²) in [6, 6.07) is 0.279. The van der Waals surface area contributed by atoms with Gasteiger partial charge in [-0.3, -0.25) is 0 Å². The van der Waals surface area contributed by atoms with Gasteiger partial charge in [-0.15, -0.1) is 0 Å². The van der Waals surface area contributed by atoms with Crippen LogP contribution in [0.2, 0.25) is 0 Å². The average Bonchev–Trinajstić information content (AvgIpc) is 2.05. The van der Waals surface area contributed by atoms with Crippen LogP contribution in [0.25, 0.3) is 0 Å². The molecular formula is C9H20N2O. The Morgan fingerprint density at radius 3 is 2.08 bits per heavy atom. The molecule has 0 radical (unpaired) electrons. The molecule has 0 atom stereocenters. The van der Waals surface area contributed by atoms with Crippen LogP contribution in [-0.2, 0) is 0 Å². The van der Waals surface area contributed by atoms with Gasteiger partial charge in [-0.05, 0) is 12.8 Å². The van der Waals surface area contributed by atoms with Gasteiger partial charge in [-0.1, -0.05) is 26.7 Å². The lowest BCUT2D eigenvalue weighted by atomic mass is 10.1. The Bertz CT molecular complexity index is 120. The van der Waals surface area contributed by atoms with Crippen molar-refractivity contribution in [2.24, 2.45) is 0 Å².